The van der Waals surface area contributed by atoms with Gasteiger partial charge in [0, 0.05) is 56.5 Å². The van der Waals surface area contributed by atoms with Gasteiger partial charge in [0.15, 0.2) is 36.7 Å². The van der Waals surface area contributed by atoms with Gasteiger partial charge in [-0.1, -0.05) is 107 Å². The predicted octanol–water partition coefficient (Wildman–Crippen LogP) is 12.4. The SMILES string of the molecule is CC[C@H](O[Si](CC)(CC)CC)[C@@H](C)[C@H]1O[C@@H]1C[C@](C)(/C=C/C=C(\C)[C@H]1OC(=O)C[C@H](O[Si](CC)(CC)CC)CC[C@@](C)(OC(=O)N2CC3CC2CN3)[C@@H](OC(C)=O)/C=C/[C@@H]1C)O[Si](CC)(CC)CC. The second-order valence-corrected chi connectivity index (χ2v) is 35.8. The zero-order chi connectivity index (χ0) is 51.4. The topological polar surface area (TPSA) is 134 Å². The molecule has 4 aliphatic rings. The number of nitrogens with zero attached hydrogens (tertiary/aromatic N) is 1. The Bertz CT molecular complexity index is 1730. The Balaban J connectivity index is 1.69. The van der Waals surface area contributed by atoms with Gasteiger partial charge < -0.3 is 42.4 Å². The molecule has 1 amide bonds. The number of rotatable bonds is 25. The highest BCUT2D eigenvalue weighted by Gasteiger charge is 2.51. The fraction of sp³-hybridized carbons (Fsp3) is 0.833. The van der Waals surface area contributed by atoms with E-state index in [0.29, 0.717) is 19.4 Å². The number of likely N-dealkylation sites (tertiary alicyclic amines) is 1. The Morgan fingerprint density at radius 1 is 0.928 bits per heavy atom. The molecule has 4 rings (SSSR count). The van der Waals surface area contributed by atoms with E-state index in [4.69, 9.17) is 32.2 Å². The number of hydrogen-bond donors (Lipinski definition) is 1. The maximum Gasteiger partial charge on any atom is 0.410 e. The lowest BCUT2D eigenvalue weighted by atomic mass is 9.88. The molecule has 15 heteroatoms. The van der Waals surface area contributed by atoms with Gasteiger partial charge in [-0.3, -0.25) is 9.59 Å². The third kappa shape index (κ3) is 15.5. The maximum atomic E-state index is 14.3. The van der Waals surface area contributed by atoms with E-state index in [0.717, 1.165) is 85.8 Å². The number of esters is 2. The van der Waals surface area contributed by atoms with Crippen LogP contribution in [0.3, 0.4) is 0 Å². The van der Waals surface area contributed by atoms with Gasteiger partial charge in [0.25, 0.3) is 0 Å². The average Bonchev–Trinajstić information content (AvgIpc) is 3.73. The number of nitrogens with one attached hydrogen (secondary N) is 1. The molecule has 0 aromatic heterocycles. The number of piperazine rings is 1. The molecule has 69 heavy (non-hydrogen) atoms. The number of amides is 1. The molecule has 2 bridgehead atoms. The van der Waals surface area contributed by atoms with Gasteiger partial charge in [0.2, 0.25) is 0 Å². The highest BCUT2D eigenvalue weighted by atomic mass is 28.4. The summed E-state index contributed by atoms with van der Waals surface area (Å²) < 4.78 is 47.1. The summed E-state index contributed by atoms with van der Waals surface area (Å²) in [4.78, 5) is 42.9. The Hall–Kier alpha value is -2.12. The van der Waals surface area contributed by atoms with Crippen LogP contribution < -0.4 is 5.32 Å². The Kier molecular flexibility index (Phi) is 22.6. The van der Waals surface area contributed by atoms with Crippen molar-refractivity contribution in [2.45, 2.75) is 264 Å². The van der Waals surface area contributed by atoms with Crippen LogP contribution in [0.15, 0.2) is 36.0 Å². The van der Waals surface area contributed by atoms with Crippen LogP contribution in [0, 0.1) is 11.8 Å². The molecule has 12 nitrogen and oxygen atoms in total. The number of carbonyl (C=O) groups is 3. The first kappa shape index (κ1) is 59.4. The van der Waals surface area contributed by atoms with Crippen LogP contribution in [0.2, 0.25) is 54.4 Å². The molecule has 3 saturated heterocycles. The fourth-order valence-electron chi connectivity index (χ4n) is 11.6. The minimum atomic E-state index is -2.20. The second-order valence-electron chi connectivity index (χ2n) is 21.7. The zero-order valence-corrected chi connectivity index (χ0v) is 49.2. The number of cyclic esters (lactones) is 1. The van der Waals surface area contributed by atoms with E-state index in [1.165, 1.54) is 6.92 Å². The van der Waals surface area contributed by atoms with Crippen molar-refractivity contribution >= 4 is 43.0 Å². The van der Waals surface area contributed by atoms with Crippen molar-refractivity contribution in [2.75, 3.05) is 13.1 Å². The van der Waals surface area contributed by atoms with Crippen molar-refractivity contribution in [1.29, 1.82) is 0 Å². The lowest BCUT2D eigenvalue weighted by Gasteiger charge is -2.40. The van der Waals surface area contributed by atoms with Crippen LogP contribution in [-0.4, -0.2) is 121 Å². The molecule has 0 aromatic rings. The summed E-state index contributed by atoms with van der Waals surface area (Å²) >= 11 is 0. The highest BCUT2D eigenvalue weighted by molar-refractivity contribution is 6.74. The summed E-state index contributed by atoms with van der Waals surface area (Å²) in [5, 5.41) is 3.46. The molecule has 0 aromatic carbocycles. The minimum absolute atomic E-state index is 0.0572. The first-order valence-corrected chi connectivity index (χ1v) is 35.1. The number of ether oxygens (including phenoxy) is 4. The van der Waals surface area contributed by atoms with Gasteiger partial charge >= 0.3 is 18.0 Å². The Labute approximate surface area is 422 Å². The van der Waals surface area contributed by atoms with Gasteiger partial charge in [-0.15, -0.1) is 0 Å². The van der Waals surface area contributed by atoms with E-state index in [-0.39, 0.29) is 54.6 Å². The molecular formula is C54H98N2O10Si3. The first-order valence-electron chi connectivity index (χ1n) is 27.5. The molecule has 1 N–H and O–H groups in total. The third-order valence-electron chi connectivity index (χ3n) is 17.2. The molecule has 0 saturated carbocycles. The zero-order valence-electron chi connectivity index (χ0n) is 46.2. The number of fused-ring (bicyclic) bond motifs is 2. The van der Waals surface area contributed by atoms with Crippen molar-refractivity contribution in [3.8, 4) is 0 Å². The Morgan fingerprint density at radius 2 is 1.54 bits per heavy atom. The van der Waals surface area contributed by atoms with E-state index < -0.39 is 66.5 Å². The van der Waals surface area contributed by atoms with Crippen LogP contribution in [0.1, 0.15) is 149 Å². The standard InChI is InChI=1S/C54H98N2O10Si3/c1-17-46(65-68(21-5,22-6)23-7)41(13)51-47(61-51)36-53(15,66-69(24-8,25-9)26-10)32-27-28-39(11)50-40(12)29-30-48(60-42(14)57)54(16,63-52(59)56-38-43-34-44(56)37-55-43)33-31-45(35-49(58)62-50)64-67(18-2,19-3)20-4/h27-30,32,40-41,43-48,50-51,55H,17-26,31,33-38H2,1-16H3/b30-29+,32-27+,39-28+/t40-,41+,43?,44?,45+,46-,47+,48-,50+,51+,53-,54+/m0/s1. The normalized spacial score (nSPS) is 30.5. The molecular weight excluding hydrogens is 921 g/mol. The molecule has 3 fully saturated rings. The lowest BCUT2D eigenvalue weighted by molar-refractivity contribution is -0.158. The van der Waals surface area contributed by atoms with E-state index >= 15 is 0 Å². The number of hydrogen-bond acceptors (Lipinski definition) is 11. The number of epoxide rings is 1. The van der Waals surface area contributed by atoms with E-state index in [1.54, 1.807) is 0 Å². The molecule has 0 radical (unpaired) electrons. The summed E-state index contributed by atoms with van der Waals surface area (Å²) in [5.41, 5.74) is -0.963. The van der Waals surface area contributed by atoms with Crippen molar-refractivity contribution in [3.05, 3.63) is 36.0 Å². The predicted molar refractivity (Wildman–Crippen MR) is 286 cm³/mol. The van der Waals surface area contributed by atoms with Gasteiger partial charge in [0.1, 0.15) is 6.10 Å². The second kappa shape index (κ2) is 26.2. The van der Waals surface area contributed by atoms with Crippen LogP contribution in [0.4, 0.5) is 4.79 Å². The van der Waals surface area contributed by atoms with Gasteiger partial charge in [-0.2, -0.15) is 0 Å². The van der Waals surface area contributed by atoms with Crippen molar-refractivity contribution in [1.82, 2.24) is 10.2 Å². The summed E-state index contributed by atoms with van der Waals surface area (Å²) in [7, 11) is -6.06. The highest BCUT2D eigenvalue weighted by Crippen LogP contribution is 2.43. The minimum Gasteiger partial charge on any atom is -0.457 e. The lowest BCUT2D eigenvalue weighted by Crippen LogP contribution is -2.52. The smallest absolute Gasteiger partial charge is 0.410 e. The molecule has 2 unspecified atom stereocenters. The van der Waals surface area contributed by atoms with Crippen LogP contribution in [-0.2, 0) is 41.8 Å². The number of carbonyl (C=O) groups excluding carboxylic acids is 3. The van der Waals surface area contributed by atoms with E-state index in [2.05, 4.69) is 101 Å². The maximum absolute atomic E-state index is 14.3. The van der Waals surface area contributed by atoms with Crippen molar-refractivity contribution < 1.29 is 46.6 Å². The van der Waals surface area contributed by atoms with Gasteiger partial charge in [-0.25, -0.2) is 4.79 Å². The quantitative estimate of drug-likeness (QED) is 0.0234. The van der Waals surface area contributed by atoms with Crippen LogP contribution >= 0.6 is 0 Å². The molecule has 4 heterocycles. The summed E-state index contributed by atoms with van der Waals surface area (Å²) in [5.74, 6) is -0.863. The van der Waals surface area contributed by atoms with Crippen molar-refractivity contribution in [3.63, 3.8) is 0 Å². The van der Waals surface area contributed by atoms with Gasteiger partial charge in [0.05, 0.1) is 30.3 Å². The van der Waals surface area contributed by atoms with Crippen LogP contribution in [0.25, 0.3) is 0 Å². The summed E-state index contributed by atoms with van der Waals surface area (Å²) in [6.45, 7) is 35.5. The average molecular weight is 1020 g/mol. The van der Waals surface area contributed by atoms with E-state index in [1.807, 2.05) is 43.9 Å². The fourth-order valence-corrected chi connectivity index (χ4v) is 20.6. The van der Waals surface area contributed by atoms with E-state index in [9.17, 15) is 14.4 Å². The van der Waals surface area contributed by atoms with Gasteiger partial charge in [-0.05, 0) is 113 Å². The Morgan fingerprint density at radius 3 is 2.06 bits per heavy atom. The van der Waals surface area contributed by atoms with Crippen molar-refractivity contribution in [2.24, 2.45) is 11.8 Å². The summed E-state index contributed by atoms with van der Waals surface area (Å²) in [6, 6.07) is 9.53. The largest absolute Gasteiger partial charge is 0.457 e. The molecule has 12 atom stereocenters. The molecule has 0 spiro atoms. The molecule has 4 aliphatic heterocycles. The molecule has 396 valence electrons. The molecule has 0 aliphatic carbocycles. The van der Waals surface area contributed by atoms with Crippen LogP contribution in [0.5, 0.6) is 0 Å². The summed E-state index contributed by atoms with van der Waals surface area (Å²) in [6.07, 6.45) is 11.4. The number of allylic oxidation sites excluding steroid dienone is 2. The first-order chi connectivity index (χ1) is 32.6. The third-order valence-corrected chi connectivity index (χ3v) is 31.4. The monoisotopic (exact) mass is 1020 g/mol.